The molecule has 1 aliphatic heterocycles. The molecular weight excluding hydrogens is 288 g/mol. The number of nitrogens with one attached hydrogen (secondary N) is 2. The van der Waals surface area contributed by atoms with E-state index in [2.05, 4.69) is 5.32 Å². The first-order valence-electron chi connectivity index (χ1n) is 7.63. The van der Waals surface area contributed by atoms with Crippen LogP contribution < -0.4 is 16.5 Å². The topological polar surface area (TPSA) is 125 Å². The Hall–Kier alpha value is -1.51. The predicted molar refractivity (Wildman–Crippen MR) is 78.3 cm³/mol. The van der Waals surface area contributed by atoms with Crippen molar-refractivity contribution in [1.82, 2.24) is 15.7 Å². The van der Waals surface area contributed by atoms with Crippen LogP contribution >= 0.6 is 0 Å². The molecule has 8 nitrogen and oxygen atoms in total. The molecule has 1 spiro atoms. The molecular formula is C14H24N4O4. The lowest BCUT2D eigenvalue weighted by molar-refractivity contribution is -0.138. The predicted octanol–water partition coefficient (Wildman–Crippen LogP) is -0.451. The fraction of sp³-hybridized carbons (Fsp3) is 0.786. The second kappa shape index (κ2) is 6.31. The number of nitrogens with zero attached hydrogens (tertiary/aromatic N) is 1. The molecule has 1 saturated heterocycles. The zero-order valence-electron chi connectivity index (χ0n) is 12.9. The molecule has 2 fully saturated rings. The molecule has 2 amide bonds. The first kappa shape index (κ1) is 16.9. The number of rotatable bonds is 4. The van der Waals surface area contributed by atoms with E-state index in [0.717, 1.165) is 12.8 Å². The molecule has 2 aliphatic rings. The highest BCUT2D eigenvalue weighted by atomic mass is 16.5. The van der Waals surface area contributed by atoms with Gasteiger partial charge in [-0.15, -0.1) is 0 Å². The molecule has 1 heterocycles. The van der Waals surface area contributed by atoms with Crippen molar-refractivity contribution in [3.63, 3.8) is 0 Å². The van der Waals surface area contributed by atoms with Crippen LogP contribution in [0.3, 0.4) is 0 Å². The molecule has 5 N–H and O–H groups in total. The van der Waals surface area contributed by atoms with Gasteiger partial charge in [0, 0.05) is 32.5 Å². The van der Waals surface area contributed by atoms with Gasteiger partial charge in [0.1, 0.15) is 0 Å². The molecule has 1 atom stereocenters. The summed E-state index contributed by atoms with van der Waals surface area (Å²) in [6, 6.07) is -0.480. The van der Waals surface area contributed by atoms with E-state index in [-0.39, 0.29) is 37.5 Å². The number of urea groups is 1. The molecule has 0 unspecified atom stereocenters. The second-order valence-electron chi connectivity index (χ2n) is 6.35. The lowest BCUT2D eigenvalue weighted by atomic mass is 9.83. The van der Waals surface area contributed by atoms with Gasteiger partial charge >= 0.3 is 6.03 Å². The molecule has 2 rings (SSSR count). The van der Waals surface area contributed by atoms with Gasteiger partial charge in [0.25, 0.3) is 0 Å². The Morgan fingerprint density at radius 2 is 2.00 bits per heavy atom. The number of ketones is 2. The molecule has 0 bridgehead atoms. The molecule has 124 valence electrons. The molecule has 8 heteroatoms. The first-order chi connectivity index (χ1) is 10.4. The third-order valence-corrected chi connectivity index (χ3v) is 4.71. The Bertz CT molecular complexity index is 465. The van der Waals surface area contributed by atoms with Crippen LogP contribution in [0.2, 0.25) is 0 Å². The van der Waals surface area contributed by atoms with Crippen molar-refractivity contribution in [3.05, 3.63) is 0 Å². The van der Waals surface area contributed by atoms with Gasteiger partial charge in [-0.05, 0) is 26.2 Å². The highest BCUT2D eigenvalue weighted by Gasteiger charge is 2.56. The summed E-state index contributed by atoms with van der Waals surface area (Å²) in [5, 5.41) is 11.6. The van der Waals surface area contributed by atoms with Crippen LogP contribution in [0.25, 0.3) is 0 Å². The fourth-order valence-corrected chi connectivity index (χ4v) is 3.30. The van der Waals surface area contributed by atoms with Crippen LogP contribution in [0.15, 0.2) is 0 Å². The Labute approximate surface area is 129 Å². The van der Waals surface area contributed by atoms with Crippen LogP contribution in [0.5, 0.6) is 0 Å². The smallest absolute Gasteiger partial charge is 0.319 e. The van der Waals surface area contributed by atoms with E-state index in [9.17, 15) is 14.4 Å². The number of carbonyl (C=O) groups is 3. The molecule has 0 aromatic rings. The van der Waals surface area contributed by atoms with E-state index in [0.29, 0.717) is 13.0 Å². The van der Waals surface area contributed by atoms with Crippen molar-refractivity contribution < 1.29 is 19.6 Å². The van der Waals surface area contributed by atoms with Crippen molar-refractivity contribution in [2.24, 2.45) is 5.73 Å². The second-order valence-corrected chi connectivity index (χ2v) is 6.35. The van der Waals surface area contributed by atoms with Gasteiger partial charge in [-0.3, -0.25) is 9.59 Å². The van der Waals surface area contributed by atoms with Crippen molar-refractivity contribution in [1.29, 1.82) is 0 Å². The fourth-order valence-electron chi connectivity index (χ4n) is 3.30. The van der Waals surface area contributed by atoms with Gasteiger partial charge in [-0.2, -0.15) is 0 Å². The van der Waals surface area contributed by atoms with E-state index >= 15 is 0 Å². The highest BCUT2D eigenvalue weighted by Crippen LogP contribution is 2.37. The number of hydrogen-bond acceptors (Lipinski definition) is 6. The number of carbonyl (C=O) groups excluding carboxylic acids is 3. The van der Waals surface area contributed by atoms with Crippen LogP contribution in [0, 0.1) is 0 Å². The van der Waals surface area contributed by atoms with Crippen LogP contribution in [0.4, 0.5) is 4.79 Å². The highest BCUT2D eigenvalue weighted by molar-refractivity contribution is 6.18. The average Bonchev–Trinajstić information content (AvgIpc) is 2.77. The zero-order chi connectivity index (χ0) is 16.4. The minimum Gasteiger partial charge on any atom is -0.330 e. The third-order valence-electron chi connectivity index (χ3n) is 4.71. The van der Waals surface area contributed by atoms with E-state index in [1.165, 1.54) is 4.90 Å². The SMILES string of the molecule is C[C@@](CN)(CNO)NC(=O)N1CCCCC12C(=O)CCC2=O. The van der Waals surface area contributed by atoms with Crippen molar-refractivity contribution in [3.8, 4) is 0 Å². The summed E-state index contributed by atoms with van der Waals surface area (Å²) in [5.74, 6) is -0.329. The Kier molecular flexibility index (Phi) is 4.84. The number of piperidine rings is 1. The largest absolute Gasteiger partial charge is 0.330 e. The van der Waals surface area contributed by atoms with Crippen LogP contribution in [-0.2, 0) is 9.59 Å². The number of hydroxylamine groups is 1. The Morgan fingerprint density at radius 1 is 1.36 bits per heavy atom. The summed E-state index contributed by atoms with van der Waals surface area (Å²) in [6.45, 7) is 2.23. The summed E-state index contributed by atoms with van der Waals surface area (Å²) < 4.78 is 0. The average molecular weight is 312 g/mol. The number of Topliss-reactive ketones (excluding diaryl/α,β-unsaturated/α-hetero) is 2. The van der Waals surface area contributed by atoms with Crippen molar-refractivity contribution in [2.75, 3.05) is 19.6 Å². The minimum absolute atomic E-state index is 0.0674. The number of likely N-dealkylation sites (tertiary alicyclic amines) is 1. The number of nitrogens with two attached hydrogens (primary N) is 1. The van der Waals surface area contributed by atoms with Gasteiger partial charge in [0.2, 0.25) is 0 Å². The van der Waals surface area contributed by atoms with E-state index < -0.39 is 17.1 Å². The summed E-state index contributed by atoms with van der Waals surface area (Å²) in [7, 11) is 0. The molecule has 22 heavy (non-hydrogen) atoms. The van der Waals surface area contributed by atoms with Crippen LogP contribution in [-0.4, -0.2) is 58.4 Å². The Morgan fingerprint density at radius 3 is 2.55 bits per heavy atom. The summed E-state index contributed by atoms with van der Waals surface area (Å²) in [6.07, 6.45) is 2.32. The van der Waals surface area contributed by atoms with Gasteiger partial charge in [-0.25, -0.2) is 10.3 Å². The molecule has 0 aromatic carbocycles. The zero-order valence-corrected chi connectivity index (χ0v) is 12.9. The third kappa shape index (κ3) is 2.73. The first-order valence-corrected chi connectivity index (χ1v) is 7.63. The maximum Gasteiger partial charge on any atom is 0.319 e. The molecule has 1 aliphatic carbocycles. The van der Waals surface area contributed by atoms with Gasteiger partial charge < -0.3 is 21.2 Å². The monoisotopic (exact) mass is 312 g/mol. The normalized spacial score (nSPS) is 23.7. The van der Waals surface area contributed by atoms with E-state index in [1.54, 1.807) is 6.92 Å². The summed E-state index contributed by atoms with van der Waals surface area (Å²) in [5.41, 5.74) is 5.50. The number of hydrogen-bond donors (Lipinski definition) is 4. The lowest BCUT2D eigenvalue weighted by Gasteiger charge is -2.43. The minimum atomic E-state index is -1.29. The number of amides is 2. The standard InChI is InChI=1S/C14H24N4O4/c1-13(8-15,9-16-22)17-12(21)18-7-3-2-6-14(18)10(19)4-5-11(14)20/h16,22H,2-9,15H2,1H3,(H,17,21)/t13-/m1/s1. The summed E-state index contributed by atoms with van der Waals surface area (Å²) in [4.78, 5) is 38.7. The molecule has 0 aromatic heterocycles. The van der Waals surface area contributed by atoms with Crippen molar-refractivity contribution >= 4 is 17.6 Å². The Balaban J connectivity index is 2.23. The van der Waals surface area contributed by atoms with Gasteiger partial charge in [-0.1, -0.05) is 0 Å². The quantitative estimate of drug-likeness (QED) is 0.411. The maximum absolute atomic E-state index is 12.6. The van der Waals surface area contributed by atoms with Crippen LogP contribution in [0.1, 0.15) is 39.0 Å². The maximum atomic E-state index is 12.6. The lowest BCUT2D eigenvalue weighted by Crippen LogP contribution is -2.67. The molecule has 0 radical (unpaired) electrons. The summed E-state index contributed by atoms with van der Waals surface area (Å²) >= 11 is 0. The van der Waals surface area contributed by atoms with Gasteiger partial charge in [0.05, 0.1) is 5.54 Å². The molecule has 1 saturated carbocycles. The van der Waals surface area contributed by atoms with E-state index in [4.69, 9.17) is 10.9 Å². The van der Waals surface area contributed by atoms with Crippen molar-refractivity contribution in [2.45, 2.75) is 50.1 Å². The van der Waals surface area contributed by atoms with E-state index in [1.807, 2.05) is 5.48 Å². The van der Waals surface area contributed by atoms with Gasteiger partial charge in [0.15, 0.2) is 17.1 Å².